The van der Waals surface area contributed by atoms with Gasteiger partial charge in [-0.2, -0.15) is 0 Å². The lowest BCUT2D eigenvalue weighted by atomic mass is 10.1. The minimum atomic E-state index is -0.0503. The fourth-order valence-corrected chi connectivity index (χ4v) is 3.17. The van der Waals surface area contributed by atoms with Crippen LogP contribution in [0.5, 0.6) is 11.5 Å². The molecule has 0 aromatic heterocycles. The van der Waals surface area contributed by atoms with Crippen molar-refractivity contribution in [2.75, 3.05) is 30.0 Å². The molecule has 0 unspecified atom stereocenters. The van der Waals surface area contributed by atoms with Crippen molar-refractivity contribution >= 4 is 17.3 Å². The first-order valence-electron chi connectivity index (χ1n) is 9.12. The standard InChI is InChI=1S/C21H26N2O3/c1-4-23(15(2)3)18-8-6-17(7-9-18)22-21(24)14-16-5-10-19-20(13-16)26-12-11-25-19/h5-10,13,15H,4,11-12,14H2,1-3H3,(H,22,24). The van der Waals surface area contributed by atoms with Gasteiger partial charge in [-0.1, -0.05) is 6.07 Å². The molecule has 0 bridgehead atoms. The number of amides is 1. The summed E-state index contributed by atoms with van der Waals surface area (Å²) in [5, 5.41) is 2.95. The molecule has 0 aliphatic carbocycles. The number of hydrogen-bond donors (Lipinski definition) is 1. The number of benzene rings is 2. The van der Waals surface area contributed by atoms with E-state index in [1.165, 1.54) is 0 Å². The molecule has 1 aliphatic rings. The van der Waals surface area contributed by atoms with Crippen LogP contribution < -0.4 is 19.7 Å². The second-order valence-corrected chi connectivity index (χ2v) is 6.63. The van der Waals surface area contributed by atoms with E-state index in [0.29, 0.717) is 31.4 Å². The van der Waals surface area contributed by atoms with Crippen LogP contribution >= 0.6 is 0 Å². The monoisotopic (exact) mass is 354 g/mol. The highest BCUT2D eigenvalue weighted by atomic mass is 16.6. The Morgan fingerprint density at radius 3 is 2.42 bits per heavy atom. The van der Waals surface area contributed by atoms with Crippen molar-refractivity contribution in [3.63, 3.8) is 0 Å². The Hall–Kier alpha value is -2.69. The third kappa shape index (κ3) is 4.28. The van der Waals surface area contributed by atoms with E-state index in [4.69, 9.17) is 9.47 Å². The van der Waals surface area contributed by atoms with Gasteiger partial charge in [0.15, 0.2) is 11.5 Å². The molecule has 0 spiro atoms. The van der Waals surface area contributed by atoms with Crippen molar-refractivity contribution < 1.29 is 14.3 Å². The average Bonchev–Trinajstić information content (AvgIpc) is 2.63. The van der Waals surface area contributed by atoms with Crippen molar-refractivity contribution in [2.24, 2.45) is 0 Å². The molecule has 0 radical (unpaired) electrons. The van der Waals surface area contributed by atoms with Crippen LogP contribution in [0.1, 0.15) is 26.3 Å². The molecular formula is C21H26N2O3. The van der Waals surface area contributed by atoms with E-state index in [1.807, 2.05) is 42.5 Å². The highest BCUT2D eigenvalue weighted by Gasteiger charge is 2.13. The van der Waals surface area contributed by atoms with Crippen LogP contribution in [0.15, 0.2) is 42.5 Å². The van der Waals surface area contributed by atoms with E-state index in [2.05, 4.69) is 31.0 Å². The van der Waals surface area contributed by atoms with Gasteiger partial charge in [0.2, 0.25) is 5.91 Å². The molecule has 1 aliphatic heterocycles. The largest absolute Gasteiger partial charge is 0.486 e. The van der Waals surface area contributed by atoms with Gasteiger partial charge in [0.05, 0.1) is 6.42 Å². The molecule has 1 amide bonds. The lowest BCUT2D eigenvalue weighted by Crippen LogP contribution is -2.30. The zero-order valence-electron chi connectivity index (χ0n) is 15.6. The van der Waals surface area contributed by atoms with E-state index in [0.717, 1.165) is 29.2 Å². The number of fused-ring (bicyclic) bond motifs is 1. The minimum Gasteiger partial charge on any atom is -0.486 e. The summed E-state index contributed by atoms with van der Waals surface area (Å²) < 4.78 is 11.1. The van der Waals surface area contributed by atoms with Crippen molar-refractivity contribution in [1.29, 1.82) is 0 Å². The Balaban J connectivity index is 1.61. The van der Waals surface area contributed by atoms with Crippen molar-refractivity contribution in [3.05, 3.63) is 48.0 Å². The smallest absolute Gasteiger partial charge is 0.228 e. The number of hydrogen-bond acceptors (Lipinski definition) is 4. The van der Waals surface area contributed by atoms with E-state index in [1.54, 1.807) is 0 Å². The summed E-state index contributed by atoms with van der Waals surface area (Å²) in [4.78, 5) is 14.6. The highest BCUT2D eigenvalue weighted by molar-refractivity contribution is 5.92. The van der Waals surface area contributed by atoms with Crippen LogP contribution in [-0.2, 0) is 11.2 Å². The van der Waals surface area contributed by atoms with E-state index in [9.17, 15) is 4.79 Å². The van der Waals surface area contributed by atoms with Crippen LogP contribution in [0.4, 0.5) is 11.4 Å². The van der Waals surface area contributed by atoms with Gasteiger partial charge >= 0.3 is 0 Å². The van der Waals surface area contributed by atoms with Crippen LogP contribution in [0.2, 0.25) is 0 Å². The SMILES string of the molecule is CCN(c1ccc(NC(=O)Cc2ccc3c(c2)OCCO3)cc1)C(C)C. The number of anilines is 2. The zero-order chi connectivity index (χ0) is 18.5. The van der Waals surface area contributed by atoms with Gasteiger partial charge in [-0.15, -0.1) is 0 Å². The third-order valence-electron chi connectivity index (χ3n) is 4.42. The van der Waals surface area contributed by atoms with Gasteiger partial charge in [0.25, 0.3) is 0 Å². The van der Waals surface area contributed by atoms with Crippen LogP contribution in [0.25, 0.3) is 0 Å². The van der Waals surface area contributed by atoms with Gasteiger partial charge in [0.1, 0.15) is 13.2 Å². The number of carbonyl (C=O) groups excluding carboxylic acids is 1. The first-order valence-corrected chi connectivity index (χ1v) is 9.12. The first kappa shape index (κ1) is 18.1. The maximum Gasteiger partial charge on any atom is 0.228 e. The summed E-state index contributed by atoms with van der Waals surface area (Å²) in [6.45, 7) is 8.55. The lowest BCUT2D eigenvalue weighted by Gasteiger charge is -2.27. The molecule has 138 valence electrons. The van der Waals surface area contributed by atoms with Gasteiger partial charge < -0.3 is 19.7 Å². The van der Waals surface area contributed by atoms with E-state index in [-0.39, 0.29) is 5.91 Å². The Morgan fingerprint density at radius 2 is 1.77 bits per heavy atom. The summed E-state index contributed by atoms with van der Waals surface area (Å²) in [6, 6.07) is 14.1. The number of nitrogens with one attached hydrogen (secondary N) is 1. The molecule has 26 heavy (non-hydrogen) atoms. The van der Waals surface area contributed by atoms with Crippen molar-refractivity contribution in [2.45, 2.75) is 33.2 Å². The van der Waals surface area contributed by atoms with Gasteiger partial charge in [0, 0.05) is 24.0 Å². The third-order valence-corrected chi connectivity index (χ3v) is 4.42. The lowest BCUT2D eigenvalue weighted by molar-refractivity contribution is -0.115. The molecule has 2 aromatic carbocycles. The number of rotatable bonds is 6. The normalized spacial score (nSPS) is 12.8. The number of nitrogens with zero attached hydrogens (tertiary/aromatic N) is 1. The zero-order valence-corrected chi connectivity index (χ0v) is 15.6. The fourth-order valence-electron chi connectivity index (χ4n) is 3.17. The second kappa shape index (κ2) is 8.13. The molecule has 2 aromatic rings. The fraction of sp³-hybridized carbons (Fsp3) is 0.381. The van der Waals surface area contributed by atoms with E-state index < -0.39 is 0 Å². The molecule has 1 heterocycles. The first-order chi connectivity index (χ1) is 12.6. The van der Waals surface area contributed by atoms with Crippen molar-refractivity contribution in [1.82, 2.24) is 0 Å². The van der Waals surface area contributed by atoms with Gasteiger partial charge in [-0.25, -0.2) is 0 Å². The molecule has 0 saturated carbocycles. The van der Waals surface area contributed by atoms with Crippen LogP contribution in [0, 0.1) is 0 Å². The summed E-state index contributed by atoms with van der Waals surface area (Å²) in [7, 11) is 0. The maximum atomic E-state index is 12.3. The van der Waals surface area contributed by atoms with Gasteiger partial charge in [-0.05, 0) is 62.7 Å². The maximum absolute atomic E-state index is 12.3. The molecule has 0 fully saturated rings. The van der Waals surface area contributed by atoms with Crippen molar-refractivity contribution in [3.8, 4) is 11.5 Å². The average molecular weight is 354 g/mol. The predicted molar refractivity (Wildman–Crippen MR) is 104 cm³/mol. The quantitative estimate of drug-likeness (QED) is 0.855. The minimum absolute atomic E-state index is 0.0503. The Kier molecular flexibility index (Phi) is 5.66. The molecule has 0 saturated heterocycles. The highest BCUT2D eigenvalue weighted by Crippen LogP contribution is 2.31. The van der Waals surface area contributed by atoms with Crippen LogP contribution in [-0.4, -0.2) is 31.7 Å². The Labute approximate surface area is 154 Å². The molecule has 5 nitrogen and oxygen atoms in total. The number of carbonyl (C=O) groups is 1. The molecule has 1 N–H and O–H groups in total. The Bertz CT molecular complexity index is 756. The molecular weight excluding hydrogens is 328 g/mol. The molecule has 0 atom stereocenters. The topological polar surface area (TPSA) is 50.8 Å². The summed E-state index contributed by atoms with van der Waals surface area (Å²) >= 11 is 0. The van der Waals surface area contributed by atoms with Crippen LogP contribution in [0.3, 0.4) is 0 Å². The summed E-state index contributed by atoms with van der Waals surface area (Å²) in [6.07, 6.45) is 0.297. The summed E-state index contributed by atoms with van der Waals surface area (Å²) in [5.74, 6) is 1.39. The number of ether oxygens (including phenoxy) is 2. The predicted octanol–water partition coefficient (Wildman–Crippen LogP) is 3.87. The van der Waals surface area contributed by atoms with E-state index >= 15 is 0 Å². The second-order valence-electron chi connectivity index (χ2n) is 6.63. The summed E-state index contributed by atoms with van der Waals surface area (Å²) in [5.41, 5.74) is 2.86. The Morgan fingerprint density at radius 1 is 1.08 bits per heavy atom. The molecule has 3 rings (SSSR count). The molecule has 5 heteroatoms. The van der Waals surface area contributed by atoms with Gasteiger partial charge in [-0.3, -0.25) is 4.79 Å².